The lowest BCUT2D eigenvalue weighted by molar-refractivity contribution is 0.0931. The van der Waals surface area contributed by atoms with Gasteiger partial charge in [0.25, 0.3) is 15.9 Å². The third-order valence-corrected chi connectivity index (χ3v) is 5.63. The molecule has 0 radical (unpaired) electrons. The second-order valence-electron chi connectivity index (χ2n) is 5.97. The van der Waals surface area contributed by atoms with Crippen LogP contribution >= 0.6 is 11.6 Å². The molecule has 1 amide bonds. The minimum Gasteiger partial charge on any atom is -0.495 e. The largest absolute Gasteiger partial charge is 0.495 e. The zero-order chi connectivity index (χ0) is 20.3. The van der Waals surface area contributed by atoms with E-state index in [4.69, 9.17) is 26.2 Å². The number of anilines is 1. The first-order chi connectivity index (χ1) is 13.3. The Balaban J connectivity index is 1.90. The van der Waals surface area contributed by atoms with Crippen LogP contribution < -0.4 is 19.5 Å². The summed E-state index contributed by atoms with van der Waals surface area (Å²) in [6, 6.07) is 5.16. The van der Waals surface area contributed by atoms with Crippen LogP contribution in [0.1, 0.15) is 16.8 Å². The predicted molar refractivity (Wildman–Crippen MR) is 102 cm³/mol. The number of carbonyl (C=O) groups excluding carboxylic acids is 1. The number of nitrogens with zero attached hydrogens (tertiary/aromatic N) is 1. The van der Waals surface area contributed by atoms with Crippen molar-refractivity contribution in [3.05, 3.63) is 41.0 Å². The molecule has 1 aromatic heterocycles. The third kappa shape index (κ3) is 4.29. The standard InChI is InChI=1S/C17H18ClN3O6S/c1-26-14-3-2-10(18)6-15(14)28(24,25)21-12-7-13-16(23)20-11(4-5-22)9-27-17(13)19-8-12/h2-3,6-8,11,21-22H,4-5,9H2,1H3,(H,20,23)/t11-/m0/s1. The Morgan fingerprint density at radius 2 is 2.21 bits per heavy atom. The van der Waals surface area contributed by atoms with Crippen LogP contribution in [0.25, 0.3) is 0 Å². The SMILES string of the molecule is COc1ccc(Cl)cc1S(=O)(=O)Nc1cnc2c(c1)C(=O)N[C@@H](CCO)CO2. The zero-order valence-corrected chi connectivity index (χ0v) is 16.4. The minimum atomic E-state index is -4.06. The molecule has 0 spiro atoms. The van der Waals surface area contributed by atoms with Crippen molar-refractivity contribution in [2.45, 2.75) is 17.4 Å². The molecule has 0 saturated heterocycles. The number of fused-ring (bicyclic) bond motifs is 1. The van der Waals surface area contributed by atoms with Crippen LogP contribution in [0.3, 0.4) is 0 Å². The maximum atomic E-state index is 12.8. The molecule has 2 aromatic rings. The van der Waals surface area contributed by atoms with Gasteiger partial charge in [-0.2, -0.15) is 0 Å². The summed E-state index contributed by atoms with van der Waals surface area (Å²) in [5, 5.41) is 12.0. The van der Waals surface area contributed by atoms with Gasteiger partial charge in [-0.3, -0.25) is 9.52 Å². The van der Waals surface area contributed by atoms with Gasteiger partial charge in [-0.15, -0.1) is 0 Å². The second kappa shape index (κ2) is 8.21. The highest BCUT2D eigenvalue weighted by Crippen LogP contribution is 2.30. The molecule has 1 aliphatic heterocycles. The van der Waals surface area contributed by atoms with Crippen molar-refractivity contribution in [3.8, 4) is 11.6 Å². The molecule has 0 unspecified atom stereocenters. The number of rotatable bonds is 6. The summed E-state index contributed by atoms with van der Waals surface area (Å²) in [6.07, 6.45) is 1.57. The van der Waals surface area contributed by atoms with Gasteiger partial charge in [0.15, 0.2) is 0 Å². The number of sulfonamides is 1. The minimum absolute atomic E-state index is 0.0696. The smallest absolute Gasteiger partial charge is 0.265 e. The van der Waals surface area contributed by atoms with Crippen LogP contribution in [0.4, 0.5) is 5.69 Å². The summed E-state index contributed by atoms with van der Waals surface area (Å²) in [7, 11) is -2.71. The topological polar surface area (TPSA) is 127 Å². The molecule has 9 nitrogen and oxygen atoms in total. The number of methoxy groups -OCH3 is 1. The number of hydrogen-bond donors (Lipinski definition) is 3. The van der Waals surface area contributed by atoms with Gasteiger partial charge in [0.1, 0.15) is 22.8 Å². The Labute approximate surface area is 166 Å². The molecule has 1 aliphatic rings. The number of hydrogen-bond acceptors (Lipinski definition) is 7. The Kier molecular flexibility index (Phi) is 5.92. The number of carbonyl (C=O) groups is 1. The fraction of sp³-hybridized carbons (Fsp3) is 0.294. The molecule has 28 heavy (non-hydrogen) atoms. The lowest BCUT2D eigenvalue weighted by Crippen LogP contribution is -2.37. The van der Waals surface area contributed by atoms with Crippen LogP contribution in [-0.4, -0.2) is 50.8 Å². The highest BCUT2D eigenvalue weighted by molar-refractivity contribution is 7.92. The number of halogens is 1. The average Bonchev–Trinajstić information content (AvgIpc) is 2.81. The first kappa shape index (κ1) is 20.2. The van der Waals surface area contributed by atoms with Crippen molar-refractivity contribution >= 4 is 33.2 Å². The van der Waals surface area contributed by atoms with E-state index < -0.39 is 15.9 Å². The predicted octanol–water partition coefficient (Wildman–Crippen LogP) is 1.42. The average molecular weight is 428 g/mol. The van der Waals surface area contributed by atoms with Gasteiger partial charge in [-0.25, -0.2) is 13.4 Å². The number of aliphatic hydroxyl groups excluding tert-OH is 1. The molecule has 1 atom stereocenters. The summed E-state index contributed by atoms with van der Waals surface area (Å²) in [5.74, 6) is -0.270. The first-order valence-electron chi connectivity index (χ1n) is 8.25. The lowest BCUT2D eigenvalue weighted by atomic mass is 10.2. The summed E-state index contributed by atoms with van der Waals surface area (Å²) in [4.78, 5) is 16.3. The Bertz CT molecular complexity index is 998. The van der Waals surface area contributed by atoms with Crippen LogP contribution in [0.5, 0.6) is 11.6 Å². The quantitative estimate of drug-likeness (QED) is 0.636. The maximum absolute atomic E-state index is 12.8. The van der Waals surface area contributed by atoms with Crippen molar-refractivity contribution in [1.82, 2.24) is 10.3 Å². The molecule has 0 aliphatic carbocycles. The van der Waals surface area contributed by atoms with E-state index >= 15 is 0 Å². The van der Waals surface area contributed by atoms with Crippen molar-refractivity contribution in [2.24, 2.45) is 0 Å². The lowest BCUT2D eigenvalue weighted by Gasteiger charge is -2.13. The first-order valence-corrected chi connectivity index (χ1v) is 10.1. The van der Waals surface area contributed by atoms with Crippen molar-refractivity contribution in [3.63, 3.8) is 0 Å². The fourth-order valence-corrected chi connectivity index (χ4v) is 4.12. The normalized spacial score (nSPS) is 16.4. The molecule has 2 heterocycles. The maximum Gasteiger partial charge on any atom is 0.265 e. The van der Waals surface area contributed by atoms with Gasteiger partial charge in [0.05, 0.1) is 25.0 Å². The number of amides is 1. The van der Waals surface area contributed by atoms with Crippen molar-refractivity contribution in [2.75, 3.05) is 25.0 Å². The van der Waals surface area contributed by atoms with E-state index in [1.54, 1.807) is 0 Å². The number of pyridine rings is 1. The van der Waals surface area contributed by atoms with Crippen molar-refractivity contribution in [1.29, 1.82) is 0 Å². The van der Waals surface area contributed by atoms with E-state index in [2.05, 4.69) is 15.0 Å². The van der Waals surface area contributed by atoms with Crippen LogP contribution in [0.2, 0.25) is 5.02 Å². The molecule has 150 valence electrons. The highest BCUT2D eigenvalue weighted by atomic mass is 35.5. The summed E-state index contributed by atoms with van der Waals surface area (Å²) in [5.41, 5.74) is 0.152. The Morgan fingerprint density at radius 3 is 2.93 bits per heavy atom. The van der Waals surface area contributed by atoms with E-state index in [9.17, 15) is 13.2 Å². The van der Waals surface area contributed by atoms with E-state index in [-0.39, 0.29) is 52.1 Å². The molecular formula is C17H18ClN3O6S. The molecule has 3 N–H and O–H groups in total. The van der Waals surface area contributed by atoms with Gasteiger partial charge in [-0.05, 0) is 30.7 Å². The summed E-state index contributed by atoms with van der Waals surface area (Å²) >= 11 is 5.91. The Morgan fingerprint density at radius 1 is 1.43 bits per heavy atom. The number of nitrogens with one attached hydrogen (secondary N) is 2. The van der Waals surface area contributed by atoms with Gasteiger partial charge >= 0.3 is 0 Å². The van der Waals surface area contributed by atoms with Gasteiger partial charge in [0.2, 0.25) is 5.88 Å². The van der Waals surface area contributed by atoms with E-state index in [0.29, 0.717) is 6.42 Å². The van der Waals surface area contributed by atoms with Gasteiger partial charge < -0.3 is 19.9 Å². The summed E-state index contributed by atoms with van der Waals surface area (Å²) < 4.78 is 38.4. The van der Waals surface area contributed by atoms with Crippen molar-refractivity contribution < 1.29 is 27.8 Å². The van der Waals surface area contributed by atoms with E-state index in [1.165, 1.54) is 37.6 Å². The molecule has 0 fully saturated rings. The molecule has 0 saturated carbocycles. The van der Waals surface area contributed by atoms with Gasteiger partial charge in [-0.1, -0.05) is 11.6 Å². The molecule has 11 heteroatoms. The van der Waals surface area contributed by atoms with Crippen LogP contribution in [0, 0.1) is 0 Å². The van der Waals surface area contributed by atoms with E-state index in [1.807, 2.05) is 0 Å². The molecular weight excluding hydrogens is 410 g/mol. The second-order valence-corrected chi connectivity index (χ2v) is 8.06. The number of benzene rings is 1. The van der Waals surface area contributed by atoms with Gasteiger partial charge in [0, 0.05) is 11.6 Å². The fourth-order valence-electron chi connectivity index (χ4n) is 2.65. The number of aromatic nitrogens is 1. The molecule has 0 bridgehead atoms. The Hall–Kier alpha value is -2.56. The number of ether oxygens (including phenoxy) is 2. The summed E-state index contributed by atoms with van der Waals surface area (Å²) in [6.45, 7) is 0.0433. The van der Waals surface area contributed by atoms with E-state index in [0.717, 1.165) is 0 Å². The zero-order valence-electron chi connectivity index (χ0n) is 14.8. The molecule has 3 rings (SSSR count). The highest BCUT2D eigenvalue weighted by Gasteiger charge is 2.26. The van der Waals surface area contributed by atoms with Crippen LogP contribution in [0.15, 0.2) is 35.4 Å². The third-order valence-electron chi connectivity index (χ3n) is 4.00. The monoisotopic (exact) mass is 427 g/mol. The molecule has 1 aromatic carbocycles. The van der Waals surface area contributed by atoms with Crippen LogP contribution in [-0.2, 0) is 10.0 Å². The number of aliphatic hydroxyl groups is 1.